The van der Waals surface area contributed by atoms with Gasteiger partial charge in [0.25, 0.3) is 0 Å². The Bertz CT molecular complexity index is 361. The second-order valence-electron chi connectivity index (χ2n) is 6.29. The molecule has 0 heterocycles. The van der Waals surface area contributed by atoms with E-state index in [0.29, 0.717) is 23.9 Å². The summed E-state index contributed by atoms with van der Waals surface area (Å²) in [5, 5.41) is 3.88. The van der Waals surface area contributed by atoms with E-state index in [4.69, 9.17) is 5.73 Å². The zero-order valence-corrected chi connectivity index (χ0v) is 12.3. The molecule has 0 aliphatic heterocycles. The molecule has 1 saturated carbocycles. The molecule has 1 aliphatic rings. The van der Waals surface area contributed by atoms with Crippen LogP contribution in [0.5, 0.6) is 0 Å². The summed E-state index contributed by atoms with van der Waals surface area (Å²) in [6, 6.07) is 11.9. The van der Waals surface area contributed by atoms with Gasteiger partial charge in [-0.25, -0.2) is 0 Å². The summed E-state index contributed by atoms with van der Waals surface area (Å²) in [6.07, 6.45) is 5.08. The minimum atomic E-state index is 0.471. The summed E-state index contributed by atoms with van der Waals surface area (Å²) in [4.78, 5) is 0. The Hall–Kier alpha value is -0.860. The average molecular weight is 260 g/mol. The van der Waals surface area contributed by atoms with Crippen molar-refractivity contribution in [3.8, 4) is 0 Å². The van der Waals surface area contributed by atoms with E-state index in [1.54, 1.807) is 0 Å². The van der Waals surface area contributed by atoms with E-state index in [9.17, 15) is 0 Å². The first-order valence-electron chi connectivity index (χ1n) is 7.71. The van der Waals surface area contributed by atoms with Crippen molar-refractivity contribution in [2.24, 2.45) is 17.6 Å². The van der Waals surface area contributed by atoms with Crippen molar-refractivity contribution in [2.75, 3.05) is 6.54 Å². The van der Waals surface area contributed by atoms with Crippen LogP contribution in [0.15, 0.2) is 30.3 Å². The van der Waals surface area contributed by atoms with Crippen molar-refractivity contribution in [3.63, 3.8) is 0 Å². The van der Waals surface area contributed by atoms with Crippen molar-refractivity contribution >= 4 is 0 Å². The van der Waals surface area contributed by atoms with E-state index in [-0.39, 0.29) is 0 Å². The van der Waals surface area contributed by atoms with Gasteiger partial charge in [0.1, 0.15) is 0 Å². The zero-order valence-electron chi connectivity index (χ0n) is 12.3. The summed E-state index contributed by atoms with van der Waals surface area (Å²) >= 11 is 0. The van der Waals surface area contributed by atoms with Crippen LogP contribution in [0.2, 0.25) is 0 Å². The number of nitrogens with two attached hydrogens (primary N) is 1. The number of hydrogen-bond acceptors (Lipinski definition) is 2. The van der Waals surface area contributed by atoms with Crippen LogP contribution in [0.25, 0.3) is 0 Å². The predicted octanol–water partition coefficient (Wildman–Crippen LogP) is 3.49. The van der Waals surface area contributed by atoms with Crippen LogP contribution in [-0.2, 0) is 0 Å². The zero-order chi connectivity index (χ0) is 13.7. The van der Waals surface area contributed by atoms with Gasteiger partial charge in [0.2, 0.25) is 0 Å². The highest BCUT2D eigenvalue weighted by Crippen LogP contribution is 2.29. The fourth-order valence-electron chi connectivity index (χ4n) is 3.25. The quantitative estimate of drug-likeness (QED) is 0.821. The van der Waals surface area contributed by atoms with Crippen molar-refractivity contribution in [2.45, 2.75) is 51.6 Å². The Balaban J connectivity index is 2.06. The molecule has 1 aliphatic carbocycles. The Morgan fingerprint density at radius 3 is 2.58 bits per heavy atom. The molecule has 3 unspecified atom stereocenters. The van der Waals surface area contributed by atoms with Crippen LogP contribution in [0, 0.1) is 11.8 Å². The standard InChI is InChI=1S/C17H28N2/c1-13(2)11-17(14-7-4-3-5-8-14)19-16-10-6-9-15(16)12-18/h3-5,7-8,13,15-17,19H,6,9-12,18H2,1-2H3. The fraction of sp³-hybridized carbons (Fsp3) is 0.647. The van der Waals surface area contributed by atoms with Gasteiger partial charge in [0, 0.05) is 12.1 Å². The first-order chi connectivity index (χ1) is 9.20. The van der Waals surface area contributed by atoms with Crippen molar-refractivity contribution in [1.29, 1.82) is 0 Å². The normalized spacial score (nSPS) is 24.8. The maximum absolute atomic E-state index is 5.90. The Kier molecular flexibility index (Phi) is 5.41. The smallest absolute Gasteiger partial charge is 0.0325 e. The first-order valence-corrected chi connectivity index (χ1v) is 7.71. The van der Waals surface area contributed by atoms with Gasteiger partial charge in [-0.05, 0) is 43.2 Å². The fourth-order valence-corrected chi connectivity index (χ4v) is 3.25. The molecule has 19 heavy (non-hydrogen) atoms. The lowest BCUT2D eigenvalue weighted by Crippen LogP contribution is -2.38. The lowest BCUT2D eigenvalue weighted by atomic mass is 9.94. The van der Waals surface area contributed by atoms with Crippen LogP contribution >= 0.6 is 0 Å². The molecular formula is C17H28N2. The molecule has 2 heteroatoms. The summed E-state index contributed by atoms with van der Waals surface area (Å²) in [7, 11) is 0. The third-order valence-corrected chi connectivity index (χ3v) is 4.29. The van der Waals surface area contributed by atoms with Gasteiger partial charge in [-0.15, -0.1) is 0 Å². The number of nitrogens with one attached hydrogen (secondary N) is 1. The van der Waals surface area contributed by atoms with Gasteiger partial charge >= 0.3 is 0 Å². The van der Waals surface area contributed by atoms with Crippen LogP contribution in [0.1, 0.15) is 51.1 Å². The molecule has 3 atom stereocenters. The first kappa shape index (κ1) is 14.5. The molecule has 0 radical (unpaired) electrons. The maximum Gasteiger partial charge on any atom is 0.0325 e. The number of hydrogen-bond donors (Lipinski definition) is 2. The molecule has 106 valence electrons. The van der Waals surface area contributed by atoms with Crippen LogP contribution in [-0.4, -0.2) is 12.6 Å². The molecule has 0 spiro atoms. The third-order valence-electron chi connectivity index (χ3n) is 4.29. The average Bonchev–Trinajstić information content (AvgIpc) is 2.86. The molecule has 0 bridgehead atoms. The second-order valence-corrected chi connectivity index (χ2v) is 6.29. The van der Waals surface area contributed by atoms with Gasteiger partial charge in [0.05, 0.1) is 0 Å². The lowest BCUT2D eigenvalue weighted by Gasteiger charge is -2.28. The lowest BCUT2D eigenvalue weighted by molar-refractivity contribution is 0.331. The minimum Gasteiger partial charge on any atom is -0.330 e. The molecule has 3 N–H and O–H groups in total. The Labute approximate surface area is 117 Å². The van der Waals surface area contributed by atoms with E-state index in [0.717, 1.165) is 6.54 Å². The van der Waals surface area contributed by atoms with Crippen molar-refractivity contribution < 1.29 is 0 Å². The topological polar surface area (TPSA) is 38.0 Å². The number of rotatable bonds is 6. The number of benzene rings is 1. The largest absolute Gasteiger partial charge is 0.330 e. The SMILES string of the molecule is CC(C)CC(NC1CCCC1CN)c1ccccc1. The molecule has 0 aromatic heterocycles. The summed E-state index contributed by atoms with van der Waals surface area (Å²) in [5.41, 5.74) is 7.32. The monoisotopic (exact) mass is 260 g/mol. The Morgan fingerprint density at radius 1 is 1.21 bits per heavy atom. The molecule has 2 rings (SSSR count). The van der Waals surface area contributed by atoms with E-state index in [1.165, 1.54) is 31.2 Å². The highest BCUT2D eigenvalue weighted by atomic mass is 15.0. The maximum atomic E-state index is 5.90. The van der Waals surface area contributed by atoms with Gasteiger partial charge < -0.3 is 11.1 Å². The molecule has 2 nitrogen and oxygen atoms in total. The Morgan fingerprint density at radius 2 is 1.95 bits per heavy atom. The molecule has 0 saturated heterocycles. The van der Waals surface area contributed by atoms with Crippen LogP contribution < -0.4 is 11.1 Å². The van der Waals surface area contributed by atoms with Crippen LogP contribution in [0.4, 0.5) is 0 Å². The summed E-state index contributed by atoms with van der Waals surface area (Å²) in [5.74, 6) is 1.37. The summed E-state index contributed by atoms with van der Waals surface area (Å²) in [6.45, 7) is 5.42. The molecule has 1 aromatic rings. The van der Waals surface area contributed by atoms with Gasteiger partial charge in [-0.2, -0.15) is 0 Å². The molecule has 1 fully saturated rings. The molecular weight excluding hydrogens is 232 g/mol. The van der Waals surface area contributed by atoms with Crippen molar-refractivity contribution in [3.05, 3.63) is 35.9 Å². The van der Waals surface area contributed by atoms with E-state index >= 15 is 0 Å². The van der Waals surface area contributed by atoms with Crippen molar-refractivity contribution in [1.82, 2.24) is 5.32 Å². The molecule has 0 amide bonds. The van der Waals surface area contributed by atoms with Gasteiger partial charge in [-0.1, -0.05) is 50.6 Å². The minimum absolute atomic E-state index is 0.471. The highest BCUT2D eigenvalue weighted by molar-refractivity contribution is 5.19. The summed E-state index contributed by atoms with van der Waals surface area (Å²) < 4.78 is 0. The van der Waals surface area contributed by atoms with E-state index < -0.39 is 0 Å². The third kappa shape index (κ3) is 4.05. The predicted molar refractivity (Wildman–Crippen MR) is 82.0 cm³/mol. The van der Waals surface area contributed by atoms with Crippen LogP contribution in [0.3, 0.4) is 0 Å². The highest BCUT2D eigenvalue weighted by Gasteiger charge is 2.28. The van der Waals surface area contributed by atoms with Gasteiger partial charge in [-0.3, -0.25) is 0 Å². The van der Waals surface area contributed by atoms with E-state index in [2.05, 4.69) is 49.5 Å². The van der Waals surface area contributed by atoms with Gasteiger partial charge in [0.15, 0.2) is 0 Å². The molecule has 1 aromatic carbocycles. The van der Waals surface area contributed by atoms with E-state index in [1.807, 2.05) is 0 Å². The second kappa shape index (κ2) is 7.06.